The third kappa shape index (κ3) is 5.56. The van der Waals surface area contributed by atoms with Crippen LogP contribution in [0.25, 0.3) is 0 Å². The second-order valence-corrected chi connectivity index (χ2v) is 9.54. The number of hydrogen-bond donors (Lipinski definition) is 0. The molecule has 2 aromatic rings. The lowest BCUT2D eigenvalue weighted by atomic mass is 9.80. The van der Waals surface area contributed by atoms with Crippen LogP contribution in [0.15, 0.2) is 48.5 Å². The van der Waals surface area contributed by atoms with Crippen molar-refractivity contribution < 1.29 is 23.7 Å². The maximum atomic E-state index is 13.3. The van der Waals surface area contributed by atoms with Gasteiger partial charge >= 0.3 is 0 Å². The summed E-state index contributed by atoms with van der Waals surface area (Å²) in [6.07, 6.45) is 3.57. The number of ether oxygens (including phenoxy) is 4. The molecule has 0 unspecified atom stereocenters. The Hall–Kier alpha value is -2.57. The summed E-state index contributed by atoms with van der Waals surface area (Å²) in [7, 11) is 1.60. The summed E-state index contributed by atoms with van der Waals surface area (Å²) < 4.78 is 24.1. The Morgan fingerprint density at radius 2 is 1.85 bits per heavy atom. The first-order valence-corrected chi connectivity index (χ1v) is 12.4. The van der Waals surface area contributed by atoms with E-state index >= 15 is 0 Å². The minimum absolute atomic E-state index is 0.0148. The Morgan fingerprint density at radius 1 is 1.12 bits per heavy atom. The zero-order chi connectivity index (χ0) is 24.1. The van der Waals surface area contributed by atoms with Crippen LogP contribution in [0.2, 0.25) is 0 Å². The number of methoxy groups -OCH3 is 1. The molecule has 1 spiro atoms. The number of rotatable bonds is 7. The van der Waals surface area contributed by atoms with Gasteiger partial charge in [0.1, 0.15) is 0 Å². The van der Waals surface area contributed by atoms with Crippen molar-refractivity contribution in [1.82, 2.24) is 4.90 Å². The summed E-state index contributed by atoms with van der Waals surface area (Å²) in [6.45, 7) is 8.00. The molecule has 6 nitrogen and oxygen atoms in total. The molecule has 2 aliphatic heterocycles. The van der Waals surface area contributed by atoms with Crippen molar-refractivity contribution in [2.45, 2.75) is 70.4 Å². The summed E-state index contributed by atoms with van der Waals surface area (Å²) in [5.41, 5.74) is 1.55. The van der Waals surface area contributed by atoms with E-state index in [1.54, 1.807) is 13.2 Å². The summed E-state index contributed by atoms with van der Waals surface area (Å²) in [4.78, 5) is 15.2. The molecular formula is C28H37NO5. The van der Waals surface area contributed by atoms with E-state index in [4.69, 9.17) is 18.9 Å². The summed E-state index contributed by atoms with van der Waals surface area (Å²) in [5.74, 6) is 1.24. The summed E-state index contributed by atoms with van der Waals surface area (Å²) in [6, 6.07) is 15.8. The van der Waals surface area contributed by atoms with Crippen molar-refractivity contribution in [2.75, 3.05) is 26.8 Å². The smallest absolute Gasteiger partial charge is 0.253 e. The predicted octanol–water partition coefficient (Wildman–Crippen LogP) is 5.41. The third-order valence-electron chi connectivity index (χ3n) is 6.78. The third-order valence-corrected chi connectivity index (χ3v) is 6.78. The van der Waals surface area contributed by atoms with Crippen LogP contribution in [0.5, 0.6) is 11.5 Å². The van der Waals surface area contributed by atoms with Crippen molar-refractivity contribution in [3.8, 4) is 11.5 Å². The second kappa shape index (κ2) is 10.8. The van der Waals surface area contributed by atoms with Crippen LogP contribution in [0.1, 0.15) is 68.5 Å². The number of nitrogens with zero attached hydrogens (tertiary/aromatic N) is 1. The fraction of sp³-hybridized carbons (Fsp3) is 0.536. The van der Waals surface area contributed by atoms with Gasteiger partial charge in [0.25, 0.3) is 5.91 Å². The van der Waals surface area contributed by atoms with E-state index in [9.17, 15) is 4.79 Å². The van der Waals surface area contributed by atoms with Gasteiger partial charge in [-0.15, -0.1) is 0 Å². The van der Waals surface area contributed by atoms with Gasteiger partial charge in [0.05, 0.1) is 31.0 Å². The van der Waals surface area contributed by atoms with Gasteiger partial charge in [-0.3, -0.25) is 4.79 Å². The normalized spacial score (nSPS) is 22.1. The molecule has 4 rings (SSSR count). The van der Waals surface area contributed by atoms with Crippen LogP contribution in [-0.4, -0.2) is 55.4 Å². The van der Waals surface area contributed by atoms with Crippen molar-refractivity contribution >= 4 is 5.91 Å². The Balaban J connectivity index is 1.45. The molecule has 2 aliphatic rings. The fourth-order valence-corrected chi connectivity index (χ4v) is 5.14. The number of carbonyl (C=O) groups is 1. The standard InChI is InChI=1S/C28H37NO5/c1-5-32-23-18-25(21-9-7-6-8-10-21)34-28(19-23)13-15-29(16-14-28)27(30)22-11-12-24(33-20(2)3)26(17-22)31-4/h6-12,17,20,23,25H,5,13-16,18-19H2,1-4H3/t23-,25-/m0/s1. The molecule has 0 aromatic heterocycles. The topological polar surface area (TPSA) is 57.2 Å². The van der Waals surface area contributed by atoms with Crippen molar-refractivity contribution in [2.24, 2.45) is 0 Å². The Morgan fingerprint density at radius 3 is 2.50 bits per heavy atom. The van der Waals surface area contributed by atoms with Crippen LogP contribution >= 0.6 is 0 Å². The lowest BCUT2D eigenvalue weighted by molar-refractivity contribution is -0.190. The molecule has 0 N–H and O–H groups in total. The minimum atomic E-state index is -0.262. The maximum absolute atomic E-state index is 13.3. The second-order valence-electron chi connectivity index (χ2n) is 9.54. The van der Waals surface area contributed by atoms with E-state index in [-0.39, 0.29) is 29.8 Å². The summed E-state index contributed by atoms with van der Waals surface area (Å²) >= 11 is 0. The molecule has 2 heterocycles. The van der Waals surface area contributed by atoms with Crippen LogP contribution in [0, 0.1) is 0 Å². The van der Waals surface area contributed by atoms with Gasteiger partial charge in [0, 0.05) is 38.1 Å². The van der Waals surface area contributed by atoms with E-state index in [0.29, 0.717) is 36.8 Å². The number of benzene rings is 2. The molecule has 1 amide bonds. The molecule has 34 heavy (non-hydrogen) atoms. The summed E-state index contributed by atoms with van der Waals surface area (Å²) in [5, 5.41) is 0. The molecule has 0 aliphatic carbocycles. The molecule has 184 valence electrons. The van der Waals surface area contributed by atoms with Crippen molar-refractivity contribution in [3.63, 3.8) is 0 Å². The maximum Gasteiger partial charge on any atom is 0.253 e. The number of likely N-dealkylation sites (tertiary alicyclic amines) is 1. The number of carbonyl (C=O) groups excluding carboxylic acids is 1. The molecule has 6 heteroatoms. The first-order chi connectivity index (χ1) is 16.4. The minimum Gasteiger partial charge on any atom is -0.493 e. The molecule has 2 fully saturated rings. The van der Waals surface area contributed by atoms with Crippen LogP contribution in [0.3, 0.4) is 0 Å². The van der Waals surface area contributed by atoms with Gasteiger partial charge in [0.2, 0.25) is 0 Å². The number of piperidine rings is 1. The Kier molecular flexibility index (Phi) is 7.79. The van der Waals surface area contributed by atoms with Gasteiger partial charge in [-0.05, 0) is 57.4 Å². The van der Waals surface area contributed by atoms with Crippen LogP contribution in [-0.2, 0) is 9.47 Å². The van der Waals surface area contributed by atoms with E-state index in [1.165, 1.54) is 5.56 Å². The molecule has 2 saturated heterocycles. The van der Waals surface area contributed by atoms with Gasteiger partial charge in [-0.1, -0.05) is 30.3 Å². The first-order valence-electron chi connectivity index (χ1n) is 12.4. The fourth-order valence-electron chi connectivity index (χ4n) is 5.14. The monoisotopic (exact) mass is 467 g/mol. The number of amides is 1. The zero-order valence-corrected chi connectivity index (χ0v) is 20.8. The lowest BCUT2D eigenvalue weighted by Gasteiger charge is -2.48. The Labute approximate surface area is 203 Å². The molecule has 0 saturated carbocycles. The van der Waals surface area contributed by atoms with Crippen molar-refractivity contribution in [1.29, 1.82) is 0 Å². The van der Waals surface area contributed by atoms with Gasteiger partial charge in [-0.2, -0.15) is 0 Å². The van der Waals surface area contributed by atoms with E-state index < -0.39 is 0 Å². The first kappa shape index (κ1) is 24.6. The quantitative estimate of drug-likeness (QED) is 0.545. The zero-order valence-electron chi connectivity index (χ0n) is 20.8. The highest BCUT2D eigenvalue weighted by molar-refractivity contribution is 5.95. The predicted molar refractivity (Wildman–Crippen MR) is 132 cm³/mol. The highest BCUT2D eigenvalue weighted by Crippen LogP contribution is 2.44. The van der Waals surface area contributed by atoms with Gasteiger partial charge < -0.3 is 23.8 Å². The van der Waals surface area contributed by atoms with Crippen LogP contribution in [0.4, 0.5) is 0 Å². The molecule has 0 radical (unpaired) electrons. The Bertz CT molecular complexity index is 953. The van der Waals surface area contributed by atoms with Gasteiger partial charge in [-0.25, -0.2) is 0 Å². The molecule has 2 atom stereocenters. The molecule has 2 aromatic carbocycles. The van der Waals surface area contributed by atoms with Gasteiger partial charge in [0.15, 0.2) is 11.5 Å². The van der Waals surface area contributed by atoms with E-state index in [2.05, 4.69) is 24.3 Å². The number of hydrogen-bond acceptors (Lipinski definition) is 5. The average molecular weight is 468 g/mol. The molecular weight excluding hydrogens is 430 g/mol. The van der Waals surface area contributed by atoms with E-state index in [1.807, 2.05) is 43.9 Å². The highest BCUT2D eigenvalue weighted by Gasteiger charge is 2.45. The van der Waals surface area contributed by atoms with Crippen molar-refractivity contribution in [3.05, 3.63) is 59.7 Å². The highest BCUT2D eigenvalue weighted by atomic mass is 16.5. The molecule has 0 bridgehead atoms. The van der Waals surface area contributed by atoms with E-state index in [0.717, 1.165) is 25.7 Å². The SMILES string of the molecule is CCO[C@H]1C[C@@H](c2ccccc2)OC2(CCN(C(=O)c3ccc(OC(C)C)c(OC)c3)CC2)C1. The average Bonchev–Trinajstić information content (AvgIpc) is 2.84. The largest absolute Gasteiger partial charge is 0.493 e. The van der Waals surface area contributed by atoms with Crippen LogP contribution < -0.4 is 9.47 Å². The lowest BCUT2D eigenvalue weighted by Crippen LogP contribution is -2.52.